The minimum absolute atomic E-state index is 0.0411. The van der Waals surface area contributed by atoms with Crippen LogP contribution in [0.5, 0.6) is 5.75 Å². The number of amides is 1. The molecule has 1 atom stereocenters. The number of ether oxygens (including phenoxy) is 1. The van der Waals surface area contributed by atoms with E-state index in [0.717, 1.165) is 48.1 Å². The normalized spacial score (nSPS) is 16.9. The number of aromatic nitrogens is 3. The number of carbonyl (C=O) groups excluding carboxylic acids is 1. The van der Waals surface area contributed by atoms with Gasteiger partial charge in [-0.15, -0.1) is 10.2 Å². The highest BCUT2D eigenvalue weighted by atomic mass is 16.5. The van der Waals surface area contributed by atoms with E-state index < -0.39 is 0 Å². The van der Waals surface area contributed by atoms with Gasteiger partial charge in [-0.05, 0) is 63.1 Å². The van der Waals surface area contributed by atoms with E-state index in [4.69, 9.17) is 4.74 Å². The Morgan fingerprint density at radius 1 is 1.21 bits per heavy atom. The van der Waals surface area contributed by atoms with Crippen molar-refractivity contribution in [1.82, 2.24) is 14.6 Å². The first kappa shape index (κ1) is 18.3. The molecule has 28 heavy (non-hydrogen) atoms. The quantitative estimate of drug-likeness (QED) is 0.736. The summed E-state index contributed by atoms with van der Waals surface area (Å²) < 4.78 is 7.50. The predicted octanol–water partition coefficient (Wildman–Crippen LogP) is 3.29. The summed E-state index contributed by atoms with van der Waals surface area (Å²) in [6.07, 6.45) is 1.82. The Morgan fingerprint density at radius 2 is 2.04 bits per heavy atom. The average molecular weight is 379 g/mol. The van der Waals surface area contributed by atoms with Crippen LogP contribution in [0.1, 0.15) is 25.5 Å². The van der Waals surface area contributed by atoms with Crippen LogP contribution in [-0.4, -0.2) is 40.2 Å². The molecule has 0 unspecified atom stereocenters. The minimum atomic E-state index is -0.0864. The molecule has 1 aliphatic rings. The van der Waals surface area contributed by atoms with E-state index in [1.807, 2.05) is 60.7 Å². The fraction of sp³-hybridized carbons (Fsp3) is 0.381. The number of pyridine rings is 1. The number of nitrogens with one attached hydrogen (secondary N) is 1. The van der Waals surface area contributed by atoms with E-state index >= 15 is 0 Å². The molecule has 0 radical (unpaired) electrons. The van der Waals surface area contributed by atoms with Gasteiger partial charge in [0.2, 0.25) is 11.9 Å². The van der Waals surface area contributed by atoms with E-state index in [1.165, 1.54) is 0 Å². The van der Waals surface area contributed by atoms with E-state index in [-0.39, 0.29) is 11.8 Å². The van der Waals surface area contributed by atoms with Crippen molar-refractivity contribution in [1.29, 1.82) is 0 Å². The summed E-state index contributed by atoms with van der Waals surface area (Å²) in [7, 11) is 0. The highest BCUT2D eigenvalue weighted by molar-refractivity contribution is 5.93. The van der Waals surface area contributed by atoms with Gasteiger partial charge >= 0.3 is 0 Å². The second kappa shape index (κ2) is 7.88. The number of hydrogen-bond acceptors (Lipinski definition) is 5. The van der Waals surface area contributed by atoms with Crippen molar-refractivity contribution in [3.8, 4) is 5.75 Å². The zero-order valence-corrected chi connectivity index (χ0v) is 16.3. The molecule has 0 bridgehead atoms. The molecule has 3 aromatic rings. The molecule has 1 fully saturated rings. The minimum Gasteiger partial charge on any atom is -0.494 e. The lowest BCUT2D eigenvalue weighted by atomic mass is 9.97. The lowest BCUT2D eigenvalue weighted by Crippen LogP contribution is -2.41. The molecule has 2 aromatic heterocycles. The van der Waals surface area contributed by atoms with Crippen molar-refractivity contribution in [3.63, 3.8) is 0 Å². The number of anilines is 2. The van der Waals surface area contributed by atoms with Crippen LogP contribution < -0.4 is 15.0 Å². The van der Waals surface area contributed by atoms with Gasteiger partial charge in [-0.2, -0.15) is 0 Å². The van der Waals surface area contributed by atoms with E-state index in [1.54, 1.807) is 0 Å². The smallest absolute Gasteiger partial charge is 0.231 e. The Kier molecular flexibility index (Phi) is 5.14. The van der Waals surface area contributed by atoms with Crippen molar-refractivity contribution in [2.45, 2.75) is 26.7 Å². The number of fused-ring (bicyclic) bond motifs is 1. The second-order valence-corrected chi connectivity index (χ2v) is 7.09. The number of piperidine rings is 1. The number of rotatable bonds is 5. The zero-order valence-electron chi connectivity index (χ0n) is 16.3. The number of benzene rings is 1. The molecular weight excluding hydrogens is 354 g/mol. The Bertz CT molecular complexity index is 967. The summed E-state index contributed by atoms with van der Waals surface area (Å²) >= 11 is 0. The Morgan fingerprint density at radius 3 is 2.82 bits per heavy atom. The molecule has 0 saturated carbocycles. The molecule has 7 nitrogen and oxygen atoms in total. The van der Waals surface area contributed by atoms with Crippen LogP contribution in [0.2, 0.25) is 0 Å². The molecule has 1 amide bonds. The molecule has 3 heterocycles. The predicted molar refractivity (Wildman–Crippen MR) is 109 cm³/mol. The van der Waals surface area contributed by atoms with Crippen molar-refractivity contribution < 1.29 is 9.53 Å². The monoisotopic (exact) mass is 379 g/mol. The van der Waals surface area contributed by atoms with Gasteiger partial charge < -0.3 is 15.0 Å². The zero-order chi connectivity index (χ0) is 19.5. The van der Waals surface area contributed by atoms with Crippen LogP contribution in [0, 0.1) is 12.8 Å². The highest BCUT2D eigenvalue weighted by Crippen LogP contribution is 2.25. The third kappa shape index (κ3) is 3.65. The van der Waals surface area contributed by atoms with E-state index in [0.29, 0.717) is 13.2 Å². The highest BCUT2D eigenvalue weighted by Gasteiger charge is 2.28. The Labute approximate surface area is 164 Å². The number of nitrogens with zero attached hydrogens (tertiary/aromatic N) is 4. The van der Waals surface area contributed by atoms with Gasteiger partial charge in [0.05, 0.1) is 12.5 Å². The SMILES string of the molecule is CCOc1ccc(NC(=O)[C@H]2CCCN(c3nnc4cccc(C)n34)C2)cc1. The maximum Gasteiger partial charge on any atom is 0.231 e. The molecule has 7 heteroatoms. The topological polar surface area (TPSA) is 71.8 Å². The first-order valence-corrected chi connectivity index (χ1v) is 9.75. The summed E-state index contributed by atoms with van der Waals surface area (Å²) in [5, 5.41) is 11.7. The largest absolute Gasteiger partial charge is 0.494 e. The van der Waals surface area contributed by atoms with Gasteiger partial charge in [0, 0.05) is 24.5 Å². The summed E-state index contributed by atoms with van der Waals surface area (Å²) in [6.45, 7) is 6.13. The molecular formula is C21H25N5O2. The maximum absolute atomic E-state index is 12.8. The van der Waals surface area contributed by atoms with Gasteiger partial charge in [0.25, 0.3) is 0 Å². The standard InChI is InChI=1S/C21H25N5O2/c1-3-28-18-11-9-17(10-12-18)22-20(27)16-7-5-13-25(14-16)21-24-23-19-8-4-6-15(2)26(19)21/h4,6,8-12,16H,3,5,7,13-14H2,1-2H3,(H,22,27)/t16-/m0/s1. The third-order valence-corrected chi connectivity index (χ3v) is 5.11. The first-order valence-electron chi connectivity index (χ1n) is 9.75. The average Bonchev–Trinajstić information content (AvgIpc) is 3.15. The van der Waals surface area contributed by atoms with Crippen molar-refractivity contribution >= 4 is 23.2 Å². The van der Waals surface area contributed by atoms with Crippen LogP contribution in [-0.2, 0) is 4.79 Å². The summed E-state index contributed by atoms with van der Waals surface area (Å²) in [4.78, 5) is 15.0. The lowest BCUT2D eigenvalue weighted by molar-refractivity contribution is -0.120. The third-order valence-electron chi connectivity index (χ3n) is 5.11. The van der Waals surface area contributed by atoms with Gasteiger partial charge in [-0.1, -0.05) is 6.07 Å². The fourth-order valence-corrected chi connectivity index (χ4v) is 3.71. The summed E-state index contributed by atoms with van der Waals surface area (Å²) in [5.41, 5.74) is 2.70. The van der Waals surface area contributed by atoms with Crippen LogP contribution in [0.4, 0.5) is 11.6 Å². The molecule has 1 aromatic carbocycles. The molecule has 0 aliphatic carbocycles. The van der Waals surface area contributed by atoms with Gasteiger partial charge in [0.1, 0.15) is 5.75 Å². The lowest BCUT2D eigenvalue weighted by Gasteiger charge is -2.32. The molecule has 1 N–H and O–H groups in total. The fourth-order valence-electron chi connectivity index (χ4n) is 3.71. The Balaban J connectivity index is 1.46. The van der Waals surface area contributed by atoms with Crippen molar-refractivity contribution in [2.24, 2.45) is 5.92 Å². The summed E-state index contributed by atoms with van der Waals surface area (Å²) in [6, 6.07) is 13.5. The maximum atomic E-state index is 12.8. The van der Waals surface area contributed by atoms with E-state index in [2.05, 4.69) is 20.4 Å². The molecule has 1 aliphatic heterocycles. The van der Waals surface area contributed by atoms with Gasteiger partial charge in [0.15, 0.2) is 5.65 Å². The number of aryl methyl sites for hydroxylation is 1. The van der Waals surface area contributed by atoms with Crippen LogP contribution >= 0.6 is 0 Å². The van der Waals surface area contributed by atoms with Crippen molar-refractivity contribution in [2.75, 3.05) is 29.9 Å². The molecule has 4 rings (SSSR count). The van der Waals surface area contributed by atoms with Crippen molar-refractivity contribution in [3.05, 3.63) is 48.2 Å². The molecule has 1 saturated heterocycles. The second-order valence-electron chi connectivity index (χ2n) is 7.09. The number of carbonyl (C=O) groups is 1. The van der Waals surface area contributed by atoms with Crippen LogP contribution in [0.25, 0.3) is 5.65 Å². The molecule has 146 valence electrons. The first-order chi connectivity index (χ1) is 13.7. The van der Waals surface area contributed by atoms with Gasteiger partial charge in [-0.25, -0.2) is 0 Å². The van der Waals surface area contributed by atoms with Crippen LogP contribution in [0.15, 0.2) is 42.5 Å². The van der Waals surface area contributed by atoms with Crippen LogP contribution in [0.3, 0.4) is 0 Å². The van der Waals surface area contributed by atoms with Gasteiger partial charge in [-0.3, -0.25) is 9.20 Å². The number of hydrogen-bond donors (Lipinski definition) is 1. The Hall–Kier alpha value is -3.09. The molecule has 0 spiro atoms. The summed E-state index contributed by atoms with van der Waals surface area (Å²) in [5.74, 6) is 1.57. The van der Waals surface area contributed by atoms with E-state index in [9.17, 15) is 4.79 Å².